The van der Waals surface area contributed by atoms with Gasteiger partial charge in [0, 0.05) is 34.2 Å². The summed E-state index contributed by atoms with van der Waals surface area (Å²) in [6.07, 6.45) is 1.10. The Bertz CT molecular complexity index is 1100. The molecule has 1 aliphatic rings. The Labute approximate surface area is 261 Å². The summed E-state index contributed by atoms with van der Waals surface area (Å²) in [4.78, 5) is 55.5. The fraction of sp³-hybridized carbons (Fsp3) is 0.688. The van der Waals surface area contributed by atoms with E-state index in [1.165, 1.54) is 14.2 Å². The predicted molar refractivity (Wildman–Crippen MR) is 166 cm³/mol. The van der Waals surface area contributed by atoms with Crippen molar-refractivity contribution in [2.24, 2.45) is 11.8 Å². The van der Waals surface area contributed by atoms with E-state index in [1.807, 2.05) is 13.8 Å². The molecular formula is C32H52N4O8. The van der Waals surface area contributed by atoms with Gasteiger partial charge < -0.3 is 39.8 Å². The van der Waals surface area contributed by atoms with Crippen molar-refractivity contribution in [3.63, 3.8) is 0 Å². The summed E-state index contributed by atoms with van der Waals surface area (Å²) in [5.74, 6) is -1.99. The summed E-state index contributed by atoms with van der Waals surface area (Å²) in [6, 6.07) is 5.20. The monoisotopic (exact) mass is 620 g/mol. The highest BCUT2D eigenvalue weighted by molar-refractivity contribution is 5.85. The molecule has 12 nitrogen and oxygen atoms in total. The summed E-state index contributed by atoms with van der Waals surface area (Å²) >= 11 is 0. The molecule has 248 valence electrons. The fourth-order valence-corrected chi connectivity index (χ4v) is 6.20. The minimum absolute atomic E-state index is 0.0461. The zero-order valence-corrected chi connectivity index (χ0v) is 27.5. The number of likely N-dealkylation sites (tertiary alicyclic amines) is 1. The molecular weight excluding hydrogens is 568 g/mol. The van der Waals surface area contributed by atoms with Crippen LogP contribution in [0.25, 0.3) is 0 Å². The Hall–Kier alpha value is -3.22. The first-order valence-electron chi connectivity index (χ1n) is 15.4. The number of ether oxygens (including phenoxy) is 3. The maximum Gasteiger partial charge on any atom is 0.326 e. The molecule has 1 aliphatic heterocycles. The van der Waals surface area contributed by atoms with Crippen molar-refractivity contribution in [3.05, 3.63) is 29.8 Å². The van der Waals surface area contributed by atoms with E-state index >= 15 is 0 Å². The highest BCUT2D eigenvalue weighted by Crippen LogP contribution is 2.29. The number of rotatable bonds is 18. The van der Waals surface area contributed by atoms with Gasteiger partial charge in [0.15, 0.2) is 0 Å². The number of hydrogen-bond acceptors (Lipinski definition) is 8. The number of nitrogens with one attached hydrogen (secondary N) is 2. The molecule has 1 unspecified atom stereocenters. The van der Waals surface area contributed by atoms with Crippen LogP contribution in [-0.2, 0) is 35.1 Å². The van der Waals surface area contributed by atoms with Crippen molar-refractivity contribution < 1.29 is 38.5 Å². The van der Waals surface area contributed by atoms with Crippen LogP contribution in [0, 0.1) is 11.8 Å². The third-order valence-electron chi connectivity index (χ3n) is 8.86. The molecule has 2 rings (SSSR count). The standard InChI is InChI=1S/C32H52N4O8/c1-9-20(2)29(35(5)28(38)19-33-4)26(43-7)18-27(37)36-16-12-14-24(36)30(44-8)21(3)31(39)34-23(32(40)41)17-22-13-10-11-15-25(22)42-6/h10-11,13,15,20-21,23-24,26,29-30,33H,9,12,14,16-19H2,1-8H3,(H,34,39)(H,40,41)/t20-,21+,23-,24-,26+,29-,30?/m0/s1. The molecule has 1 heterocycles. The number of para-hydroxylation sites is 1. The summed E-state index contributed by atoms with van der Waals surface area (Å²) in [6.45, 7) is 6.45. The number of amides is 3. The SMILES string of the molecule is CC[C@H](C)[C@@H]([C@@H](CC(=O)N1CCC[C@H]1C(OC)[C@@H](C)C(=O)N[C@@H](Cc1ccccc1OC)C(=O)O)OC)N(C)C(=O)CNC. The zero-order chi connectivity index (χ0) is 33.0. The number of carboxylic acids is 1. The van der Waals surface area contributed by atoms with Gasteiger partial charge in [0.25, 0.3) is 0 Å². The van der Waals surface area contributed by atoms with Gasteiger partial charge in [-0.25, -0.2) is 4.79 Å². The van der Waals surface area contributed by atoms with Gasteiger partial charge in [-0.2, -0.15) is 0 Å². The molecule has 3 N–H and O–H groups in total. The third kappa shape index (κ3) is 9.39. The number of nitrogens with zero attached hydrogens (tertiary/aromatic N) is 2. The van der Waals surface area contributed by atoms with Crippen molar-refractivity contribution in [3.8, 4) is 5.75 Å². The highest BCUT2D eigenvalue weighted by Gasteiger charge is 2.42. The minimum Gasteiger partial charge on any atom is -0.496 e. The van der Waals surface area contributed by atoms with E-state index < -0.39 is 36.0 Å². The number of hydrogen-bond donors (Lipinski definition) is 3. The Morgan fingerprint density at radius 1 is 1.11 bits per heavy atom. The molecule has 44 heavy (non-hydrogen) atoms. The van der Waals surface area contributed by atoms with Crippen LogP contribution in [0.2, 0.25) is 0 Å². The molecule has 1 aromatic rings. The van der Waals surface area contributed by atoms with Crippen LogP contribution in [0.15, 0.2) is 24.3 Å². The molecule has 0 aliphatic carbocycles. The van der Waals surface area contributed by atoms with Crippen LogP contribution in [-0.4, -0.2) is 117 Å². The molecule has 3 amide bonds. The Morgan fingerprint density at radius 3 is 2.36 bits per heavy atom. The highest BCUT2D eigenvalue weighted by atomic mass is 16.5. The Balaban J connectivity index is 2.20. The number of carbonyl (C=O) groups is 4. The molecule has 0 radical (unpaired) electrons. The summed E-state index contributed by atoms with van der Waals surface area (Å²) < 4.78 is 17.0. The van der Waals surface area contributed by atoms with Gasteiger partial charge >= 0.3 is 5.97 Å². The average molecular weight is 621 g/mol. The van der Waals surface area contributed by atoms with E-state index in [4.69, 9.17) is 14.2 Å². The van der Waals surface area contributed by atoms with Crippen molar-refractivity contribution in [2.45, 2.75) is 83.2 Å². The first-order valence-corrected chi connectivity index (χ1v) is 15.4. The number of carbonyl (C=O) groups excluding carboxylic acids is 3. The van der Waals surface area contributed by atoms with Gasteiger partial charge in [-0.05, 0) is 37.4 Å². The number of likely N-dealkylation sites (N-methyl/N-ethyl adjacent to an activating group) is 2. The molecule has 1 fully saturated rings. The van der Waals surface area contributed by atoms with E-state index in [2.05, 4.69) is 10.6 Å². The predicted octanol–water partition coefficient (Wildman–Crippen LogP) is 1.95. The summed E-state index contributed by atoms with van der Waals surface area (Å²) in [5.41, 5.74) is 0.660. The smallest absolute Gasteiger partial charge is 0.326 e. The second-order valence-electron chi connectivity index (χ2n) is 11.6. The topological polar surface area (TPSA) is 147 Å². The number of methoxy groups -OCH3 is 3. The Kier molecular flexibility index (Phi) is 15.1. The van der Waals surface area contributed by atoms with Crippen molar-refractivity contribution in [1.82, 2.24) is 20.4 Å². The quantitative estimate of drug-likeness (QED) is 0.224. The number of carboxylic acid groups (broad SMARTS) is 1. The van der Waals surface area contributed by atoms with Crippen molar-refractivity contribution >= 4 is 23.7 Å². The lowest BCUT2D eigenvalue weighted by Crippen LogP contribution is -2.54. The Morgan fingerprint density at radius 2 is 1.80 bits per heavy atom. The summed E-state index contributed by atoms with van der Waals surface area (Å²) in [7, 11) is 8.02. The normalized spacial score (nSPS) is 18.9. The van der Waals surface area contributed by atoms with Crippen molar-refractivity contribution in [1.29, 1.82) is 0 Å². The second kappa shape index (κ2) is 17.9. The lowest BCUT2D eigenvalue weighted by molar-refractivity contribution is -0.146. The van der Waals surface area contributed by atoms with Crippen LogP contribution >= 0.6 is 0 Å². The molecule has 12 heteroatoms. The molecule has 0 bridgehead atoms. The van der Waals surface area contributed by atoms with Crippen LogP contribution in [0.4, 0.5) is 0 Å². The van der Waals surface area contributed by atoms with E-state index in [0.29, 0.717) is 24.3 Å². The van der Waals surface area contributed by atoms with Gasteiger partial charge in [-0.3, -0.25) is 14.4 Å². The van der Waals surface area contributed by atoms with Crippen LogP contribution in [0.1, 0.15) is 52.0 Å². The van der Waals surface area contributed by atoms with E-state index in [9.17, 15) is 24.3 Å². The van der Waals surface area contributed by atoms with Crippen LogP contribution < -0.4 is 15.4 Å². The average Bonchev–Trinajstić information content (AvgIpc) is 3.50. The fourth-order valence-electron chi connectivity index (χ4n) is 6.20. The molecule has 1 aromatic carbocycles. The minimum atomic E-state index is -1.18. The maximum absolute atomic E-state index is 13.8. The molecule has 0 spiro atoms. The third-order valence-corrected chi connectivity index (χ3v) is 8.86. The van der Waals surface area contributed by atoms with Crippen molar-refractivity contribution in [2.75, 3.05) is 48.5 Å². The van der Waals surface area contributed by atoms with E-state index in [-0.39, 0.29) is 49.2 Å². The zero-order valence-electron chi connectivity index (χ0n) is 27.5. The van der Waals surface area contributed by atoms with E-state index in [1.54, 1.807) is 62.2 Å². The lowest BCUT2D eigenvalue weighted by atomic mass is 9.90. The second-order valence-corrected chi connectivity index (χ2v) is 11.6. The van der Waals surface area contributed by atoms with Gasteiger partial charge in [0.05, 0.1) is 50.3 Å². The van der Waals surface area contributed by atoms with Gasteiger partial charge in [-0.15, -0.1) is 0 Å². The van der Waals surface area contributed by atoms with Gasteiger partial charge in [-0.1, -0.05) is 45.4 Å². The first kappa shape index (κ1) is 37.0. The largest absolute Gasteiger partial charge is 0.496 e. The maximum atomic E-state index is 13.8. The van der Waals surface area contributed by atoms with Gasteiger partial charge in [0.1, 0.15) is 11.8 Å². The summed E-state index contributed by atoms with van der Waals surface area (Å²) in [5, 5.41) is 15.4. The van der Waals surface area contributed by atoms with Gasteiger partial charge in [0.2, 0.25) is 17.7 Å². The van der Waals surface area contributed by atoms with Crippen LogP contribution in [0.5, 0.6) is 5.75 Å². The number of aliphatic carboxylic acids is 1. The van der Waals surface area contributed by atoms with E-state index in [0.717, 1.165) is 12.8 Å². The molecule has 0 aromatic heterocycles. The lowest BCUT2D eigenvalue weighted by Gasteiger charge is -2.39. The first-order chi connectivity index (χ1) is 20.9. The molecule has 0 saturated carbocycles. The van der Waals surface area contributed by atoms with Crippen LogP contribution in [0.3, 0.4) is 0 Å². The number of benzene rings is 1. The molecule has 1 saturated heterocycles. The molecule has 7 atom stereocenters.